The van der Waals surface area contributed by atoms with E-state index in [0.717, 1.165) is 86.5 Å². The summed E-state index contributed by atoms with van der Waals surface area (Å²) < 4.78 is 1.38. The summed E-state index contributed by atoms with van der Waals surface area (Å²) in [6, 6.07) is 48.6. The summed E-state index contributed by atoms with van der Waals surface area (Å²) in [5.74, 6) is -1.34. The zero-order chi connectivity index (χ0) is 43.1. The molecule has 0 spiro atoms. The molecule has 0 radical (unpaired) electrons. The van der Waals surface area contributed by atoms with Gasteiger partial charge in [-0.1, -0.05) is 141 Å². The number of carbonyl (C=O) groups is 4. The summed E-state index contributed by atoms with van der Waals surface area (Å²) in [5.41, 5.74) is 4.05. The Morgan fingerprint density at radius 1 is 0.328 bits per heavy atom. The molecule has 13 rings (SSSR count). The first-order valence-corrected chi connectivity index (χ1v) is 23.0. The molecule has 0 N–H and O–H groups in total. The Morgan fingerprint density at radius 3 is 1.02 bits per heavy atom. The minimum Gasteiger partial charge on any atom is -0.274 e. The van der Waals surface area contributed by atoms with E-state index in [0.29, 0.717) is 54.8 Å². The highest BCUT2D eigenvalue weighted by Gasteiger charge is 2.38. The average Bonchev–Trinajstić information content (AvgIpc) is 3.31. The molecule has 11 aromatic rings. The van der Waals surface area contributed by atoms with Crippen LogP contribution in [0.25, 0.3) is 86.2 Å². The van der Waals surface area contributed by atoms with Gasteiger partial charge in [-0.3, -0.25) is 29.0 Å². The van der Waals surface area contributed by atoms with Crippen LogP contribution in [0.3, 0.4) is 0 Å². The first-order chi connectivity index (χ1) is 31.3. The number of benzene rings is 11. The molecular weight excluding hydrogens is 924 g/mol. The molecule has 0 unspecified atom stereocenters. The molecule has 2 aliphatic heterocycles. The number of fused-ring (bicyclic) bond motifs is 6. The van der Waals surface area contributed by atoms with Crippen LogP contribution in [-0.4, -0.2) is 46.5 Å². The van der Waals surface area contributed by atoms with Crippen LogP contribution >= 0.6 is 31.9 Å². The quantitative estimate of drug-likeness (QED) is 0.0945. The molecule has 64 heavy (non-hydrogen) atoms. The molecule has 11 aromatic carbocycles. The maximum atomic E-state index is 14.7. The van der Waals surface area contributed by atoms with Gasteiger partial charge in [0, 0.05) is 76.6 Å². The fourth-order valence-electron chi connectivity index (χ4n) is 11.1. The molecule has 0 aromatic heterocycles. The Balaban J connectivity index is 0.916. The number of rotatable bonds is 6. The van der Waals surface area contributed by atoms with Crippen molar-refractivity contribution in [3.05, 3.63) is 188 Å². The number of imide groups is 2. The molecule has 6 nitrogen and oxygen atoms in total. The number of hydrogen-bond donors (Lipinski definition) is 0. The second-order valence-corrected chi connectivity index (χ2v) is 18.7. The van der Waals surface area contributed by atoms with E-state index in [2.05, 4.69) is 92.5 Å². The van der Waals surface area contributed by atoms with Crippen LogP contribution in [0.4, 0.5) is 0 Å². The lowest BCUT2D eigenvalue weighted by atomic mass is 9.82. The third kappa shape index (κ3) is 5.12. The van der Waals surface area contributed by atoms with Gasteiger partial charge >= 0.3 is 0 Å². The van der Waals surface area contributed by atoms with E-state index in [1.54, 1.807) is 0 Å². The van der Waals surface area contributed by atoms with E-state index < -0.39 is 0 Å². The van der Waals surface area contributed by atoms with Gasteiger partial charge in [-0.15, -0.1) is 0 Å². The van der Waals surface area contributed by atoms with Crippen LogP contribution < -0.4 is 0 Å². The Morgan fingerprint density at radius 2 is 0.656 bits per heavy atom. The highest BCUT2D eigenvalue weighted by Crippen LogP contribution is 2.50. The second kappa shape index (κ2) is 13.7. The molecule has 0 saturated heterocycles. The third-order valence-electron chi connectivity index (χ3n) is 13.8. The summed E-state index contributed by atoms with van der Waals surface area (Å²) in [6.07, 6.45) is 0.994. The maximum absolute atomic E-state index is 14.7. The van der Waals surface area contributed by atoms with Crippen molar-refractivity contribution >= 4 is 142 Å². The molecule has 0 saturated carbocycles. The van der Waals surface area contributed by atoms with Gasteiger partial charge in [0.15, 0.2) is 0 Å². The van der Waals surface area contributed by atoms with Crippen LogP contribution in [0.15, 0.2) is 155 Å². The molecule has 304 valence electrons. The van der Waals surface area contributed by atoms with Crippen molar-refractivity contribution in [3.8, 4) is 0 Å². The van der Waals surface area contributed by atoms with Crippen molar-refractivity contribution < 1.29 is 19.2 Å². The van der Waals surface area contributed by atoms with Crippen LogP contribution in [0.1, 0.15) is 52.6 Å². The van der Waals surface area contributed by atoms with E-state index >= 15 is 0 Å². The minimum absolute atomic E-state index is 0.217. The van der Waals surface area contributed by atoms with Crippen LogP contribution in [0.5, 0.6) is 0 Å². The Bertz CT molecular complexity index is 3620. The SMILES string of the molecule is O=C1c2ccc3c4c(Br)cc5c6c(ccc(c7c(Br)cc(c2c37)C(=O)N1CCc1c2ccccc2cc2ccccc12)c64)C(=O)N(CCc1c2ccccc2cc2ccccc12)C5=O. The first-order valence-electron chi connectivity index (χ1n) is 21.4. The normalized spacial score (nSPS) is 14.1. The highest BCUT2D eigenvalue weighted by molar-refractivity contribution is 9.11. The molecule has 8 heteroatoms. The molecule has 0 aliphatic carbocycles. The minimum atomic E-state index is -0.339. The fourth-order valence-corrected chi connectivity index (χ4v) is 12.4. The molecule has 0 atom stereocenters. The lowest BCUT2D eigenvalue weighted by molar-refractivity contribution is 0.0597. The van der Waals surface area contributed by atoms with E-state index in [9.17, 15) is 19.2 Å². The predicted molar refractivity (Wildman–Crippen MR) is 264 cm³/mol. The van der Waals surface area contributed by atoms with E-state index in [1.807, 2.05) is 84.9 Å². The largest absolute Gasteiger partial charge is 0.274 e. The van der Waals surface area contributed by atoms with Crippen molar-refractivity contribution in [1.82, 2.24) is 9.80 Å². The first kappa shape index (κ1) is 37.5. The predicted octanol–water partition coefficient (Wildman–Crippen LogP) is 13.6. The van der Waals surface area contributed by atoms with E-state index in [1.165, 1.54) is 9.80 Å². The summed E-state index contributed by atoms with van der Waals surface area (Å²) in [6.45, 7) is 0.434. The summed E-state index contributed by atoms with van der Waals surface area (Å²) in [7, 11) is 0. The van der Waals surface area contributed by atoms with Gasteiger partial charge in [-0.2, -0.15) is 0 Å². The molecule has 4 amide bonds. The highest BCUT2D eigenvalue weighted by atomic mass is 79.9. The van der Waals surface area contributed by atoms with Crippen molar-refractivity contribution in [2.45, 2.75) is 12.8 Å². The topological polar surface area (TPSA) is 74.8 Å². The van der Waals surface area contributed by atoms with Crippen LogP contribution in [-0.2, 0) is 12.8 Å². The summed E-state index contributed by atoms with van der Waals surface area (Å²) in [4.78, 5) is 61.3. The monoisotopic (exact) mass is 954 g/mol. The van der Waals surface area contributed by atoms with Gasteiger partial charge in [0.1, 0.15) is 0 Å². The Kier molecular flexibility index (Phi) is 8.07. The smallest absolute Gasteiger partial charge is 0.261 e. The van der Waals surface area contributed by atoms with Gasteiger partial charge in [0.25, 0.3) is 23.6 Å². The van der Waals surface area contributed by atoms with Crippen LogP contribution in [0, 0.1) is 0 Å². The molecule has 2 aliphatic rings. The van der Waals surface area contributed by atoms with Gasteiger partial charge in [0.2, 0.25) is 0 Å². The second-order valence-electron chi connectivity index (χ2n) is 17.0. The fraction of sp³-hybridized carbons (Fsp3) is 0.0714. The maximum Gasteiger partial charge on any atom is 0.261 e. The average molecular weight is 957 g/mol. The van der Waals surface area contributed by atoms with Crippen molar-refractivity contribution in [3.63, 3.8) is 0 Å². The standard InChI is InChI=1S/C56H32Br2N2O4/c57-45-27-43-47-41(53(61)59(55(43)63)23-21-37-33-13-5-1-9-29(33)25-30-10-2-6-14-34(30)37)19-17-39-50-46(58)28-44-48-42(20-18-40(52(48)50)49(45)51(39)47)54(62)60(56(44)64)24-22-38-35-15-7-3-11-31(35)26-32-12-4-8-16-36(32)38/h1-20,25-28H,21-24H2. The number of halogens is 2. The van der Waals surface area contributed by atoms with Gasteiger partial charge in [-0.05, 0) is 114 Å². The van der Waals surface area contributed by atoms with Crippen molar-refractivity contribution in [1.29, 1.82) is 0 Å². The summed E-state index contributed by atoms with van der Waals surface area (Å²) in [5, 5.41) is 15.0. The third-order valence-corrected chi connectivity index (χ3v) is 15.1. The van der Waals surface area contributed by atoms with E-state index in [-0.39, 0.29) is 36.7 Å². The summed E-state index contributed by atoms with van der Waals surface area (Å²) >= 11 is 7.77. The zero-order valence-electron chi connectivity index (χ0n) is 34.0. The number of carbonyl (C=O) groups excluding carboxylic acids is 4. The van der Waals surface area contributed by atoms with Crippen molar-refractivity contribution in [2.24, 2.45) is 0 Å². The lowest BCUT2D eigenvalue weighted by Crippen LogP contribution is -2.41. The number of nitrogens with zero attached hydrogens (tertiary/aromatic N) is 2. The Hall–Kier alpha value is -7.00. The van der Waals surface area contributed by atoms with Gasteiger partial charge in [0.05, 0.1) is 0 Å². The molecule has 0 fully saturated rings. The van der Waals surface area contributed by atoms with Crippen LogP contribution in [0.2, 0.25) is 0 Å². The molecular formula is C56H32Br2N2O4. The molecule has 0 bridgehead atoms. The lowest BCUT2D eigenvalue weighted by Gasteiger charge is -2.31. The van der Waals surface area contributed by atoms with Gasteiger partial charge in [-0.25, -0.2) is 0 Å². The Labute approximate surface area is 382 Å². The zero-order valence-corrected chi connectivity index (χ0v) is 37.1. The number of hydrogen-bond acceptors (Lipinski definition) is 4. The number of amides is 4. The van der Waals surface area contributed by atoms with E-state index in [4.69, 9.17) is 0 Å². The van der Waals surface area contributed by atoms with Crippen molar-refractivity contribution in [2.75, 3.05) is 13.1 Å². The molecule has 2 heterocycles. The van der Waals surface area contributed by atoms with Gasteiger partial charge < -0.3 is 0 Å².